The Balaban J connectivity index is 1.40. The van der Waals surface area contributed by atoms with Crippen LogP contribution in [0.1, 0.15) is 18.9 Å². The van der Waals surface area contributed by atoms with E-state index in [4.69, 9.17) is 14.2 Å². The number of hydrogen-bond acceptors (Lipinski definition) is 7. The first-order chi connectivity index (χ1) is 16.5. The van der Waals surface area contributed by atoms with Gasteiger partial charge < -0.3 is 24.4 Å². The molecule has 180 valence electrons. The van der Waals surface area contributed by atoms with Gasteiger partial charge in [0, 0.05) is 18.8 Å². The van der Waals surface area contributed by atoms with Gasteiger partial charge in [-0.05, 0) is 60.5 Å². The summed E-state index contributed by atoms with van der Waals surface area (Å²) in [6.45, 7) is 4.79. The molecule has 2 N–H and O–H groups in total. The standard InChI is InChI=1S/C24H28N4O6/c1-2-13-33-20-9-5-19(6-10-20)26-23(30)24(31)27-25-16-18-3-7-21(8-4-18)34-17-22(29)28-11-14-32-15-12-28/h3-10,16H,2,11-15,17H2,1H3,(H,26,30)(H,27,31)/b25-16-. The van der Waals surface area contributed by atoms with Gasteiger partial charge in [-0.3, -0.25) is 14.4 Å². The monoisotopic (exact) mass is 468 g/mol. The molecule has 3 amide bonds. The third kappa shape index (κ3) is 7.89. The zero-order valence-corrected chi connectivity index (χ0v) is 19.0. The molecule has 0 spiro atoms. The predicted molar refractivity (Wildman–Crippen MR) is 126 cm³/mol. The number of nitrogens with one attached hydrogen (secondary N) is 2. The predicted octanol–water partition coefficient (Wildman–Crippen LogP) is 1.80. The maximum atomic E-state index is 12.1. The van der Waals surface area contributed by atoms with Crippen molar-refractivity contribution in [2.75, 3.05) is 44.8 Å². The summed E-state index contributed by atoms with van der Waals surface area (Å²) in [6.07, 6.45) is 2.29. The van der Waals surface area contributed by atoms with Crippen LogP contribution in [0, 0.1) is 0 Å². The van der Waals surface area contributed by atoms with Crippen LogP contribution in [0.2, 0.25) is 0 Å². The summed E-state index contributed by atoms with van der Waals surface area (Å²) < 4.78 is 16.2. The van der Waals surface area contributed by atoms with E-state index in [9.17, 15) is 14.4 Å². The molecule has 1 saturated heterocycles. The van der Waals surface area contributed by atoms with Gasteiger partial charge >= 0.3 is 11.8 Å². The fourth-order valence-corrected chi connectivity index (χ4v) is 2.96. The highest BCUT2D eigenvalue weighted by Gasteiger charge is 2.17. The molecule has 1 aliphatic heterocycles. The molecule has 1 fully saturated rings. The van der Waals surface area contributed by atoms with Gasteiger partial charge in [0.15, 0.2) is 6.61 Å². The second kappa shape index (κ2) is 12.9. The van der Waals surface area contributed by atoms with Gasteiger partial charge in [-0.25, -0.2) is 5.43 Å². The van der Waals surface area contributed by atoms with Crippen molar-refractivity contribution in [3.8, 4) is 11.5 Å². The second-order valence-corrected chi connectivity index (χ2v) is 7.38. The van der Waals surface area contributed by atoms with Crippen LogP contribution < -0.4 is 20.2 Å². The van der Waals surface area contributed by atoms with Crippen LogP contribution >= 0.6 is 0 Å². The molecular weight excluding hydrogens is 440 g/mol. The number of ether oxygens (including phenoxy) is 3. The van der Waals surface area contributed by atoms with Crippen LogP contribution in [-0.4, -0.2) is 68.4 Å². The molecule has 1 heterocycles. The molecule has 0 unspecified atom stereocenters. The van der Waals surface area contributed by atoms with E-state index < -0.39 is 11.8 Å². The van der Waals surface area contributed by atoms with E-state index >= 15 is 0 Å². The van der Waals surface area contributed by atoms with Crippen LogP contribution in [0.25, 0.3) is 0 Å². The minimum atomic E-state index is -0.899. The summed E-state index contributed by atoms with van der Waals surface area (Å²) in [5.74, 6) is -0.602. The molecule has 0 radical (unpaired) electrons. The van der Waals surface area contributed by atoms with Crippen molar-refractivity contribution in [1.29, 1.82) is 0 Å². The SMILES string of the molecule is CCCOc1ccc(NC(=O)C(=O)N/N=C\c2ccc(OCC(=O)N3CCOCC3)cc2)cc1. The first-order valence-electron chi connectivity index (χ1n) is 11.0. The number of hydrazone groups is 1. The van der Waals surface area contributed by atoms with Gasteiger partial charge in [-0.2, -0.15) is 5.10 Å². The first kappa shape index (κ1) is 24.7. The van der Waals surface area contributed by atoms with E-state index in [0.29, 0.717) is 55.7 Å². The van der Waals surface area contributed by atoms with Gasteiger partial charge in [0.05, 0.1) is 26.0 Å². The zero-order chi connectivity index (χ0) is 24.2. The Morgan fingerprint density at radius 3 is 2.29 bits per heavy atom. The lowest BCUT2D eigenvalue weighted by molar-refractivity contribution is -0.137. The summed E-state index contributed by atoms with van der Waals surface area (Å²) >= 11 is 0. The molecular formula is C24H28N4O6. The Bertz CT molecular complexity index is 986. The third-order valence-electron chi connectivity index (χ3n) is 4.78. The average Bonchev–Trinajstić information content (AvgIpc) is 2.88. The lowest BCUT2D eigenvalue weighted by atomic mass is 10.2. The molecule has 0 aliphatic carbocycles. The minimum Gasteiger partial charge on any atom is -0.494 e. The maximum Gasteiger partial charge on any atom is 0.329 e. The van der Waals surface area contributed by atoms with Crippen molar-refractivity contribution in [3.63, 3.8) is 0 Å². The number of rotatable bonds is 9. The maximum absolute atomic E-state index is 12.1. The van der Waals surface area contributed by atoms with Crippen molar-refractivity contribution in [3.05, 3.63) is 54.1 Å². The lowest BCUT2D eigenvalue weighted by Gasteiger charge is -2.26. The van der Waals surface area contributed by atoms with Crippen molar-refractivity contribution in [2.45, 2.75) is 13.3 Å². The van der Waals surface area contributed by atoms with Gasteiger partial charge in [-0.1, -0.05) is 6.92 Å². The van der Waals surface area contributed by atoms with Gasteiger partial charge in [0.1, 0.15) is 11.5 Å². The quantitative estimate of drug-likeness (QED) is 0.329. The van der Waals surface area contributed by atoms with Crippen LogP contribution in [0.5, 0.6) is 11.5 Å². The molecule has 2 aromatic carbocycles. The average molecular weight is 469 g/mol. The smallest absolute Gasteiger partial charge is 0.329 e. The number of anilines is 1. The fourth-order valence-electron chi connectivity index (χ4n) is 2.96. The van der Waals surface area contributed by atoms with E-state index in [1.54, 1.807) is 53.4 Å². The van der Waals surface area contributed by atoms with Gasteiger partial charge in [-0.15, -0.1) is 0 Å². The topological polar surface area (TPSA) is 119 Å². The molecule has 34 heavy (non-hydrogen) atoms. The Morgan fingerprint density at radius 2 is 1.62 bits per heavy atom. The van der Waals surface area contributed by atoms with Crippen molar-refractivity contribution >= 4 is 29.6 Å². The molecule has 2 aromatic rings. The number of carbonyl (C=O) groups is 3. The summed E-state index contributed by atoms with van der Waals surface area (Å²) in [7, 11) is 0. The van der Waals surface area contributed by atoms with Crippen molar-refractivity contribution in [2.24, 2.45) is 5.10 Å². The summed E-state index contributed by atoms with van der Waals surface area (Å²) in [6, 6.07) is 13.5. The fraction of sp³-hybridized carbons (Fsp3) is 0.333. The summed E-state index contributed by atoms with van der Waals surface area (Å²) in [5, 5.41) is 6.29. The minimum absolute atomic E-state index is 0.0485. The number of amides is 3. The normalized spacial score (nSPS) is 13.4. The summed E-state index contributed by atoms with van der Waals surface area (Å²) in [4.78, 5) is 37.8. The third-order valence-corrected chi connectivity index (χ3v) is 4.78. The second-order valence-electron chi connectivity index (χ2n) is 7.38. The van der Waals surface area contributed by atoms with E-state index in [-0.39, 0.29) is 12.5 Å². The van der Waals surface area contributed by atoms with Crippen LogP contribution in [-0.2, 0) is 19.1 Å². The highest BCUT2D eigenvalue weighted by atomic mass is 16.5. The molecule has 3 rings (SSSR count). The molecule has 0 saturated carbocycles. The van der Waals surface area contributed by atoms with Gasteiger partial charge in [0.2, 0.25) is 0 Å². The summed E-state index contributed by atoms with van der Waals surface area (Å²) in [5.41, 5.74) is 3.33. The van der Waals surface area contributed by atoms with Gasteiger partial charge in [0.25, 0.3) is 5.91 Å². The number of carbonyl (C=O) groups excluding carboxylic acids is 3. The van der Waals surface area contributed by atoms with Crippen LogP contribution in [0.3, 0.4) is 0 Å². The van der Waals surface area contributed by atoms with E-state index in [2.05, 4.69) is 15.8 Å². The highest BCUT2D eigenvalue weighted by molar-refractivity contribution is 6.39. The van der Waals surface area contributed by atoms with Crippen LogP contribution in [0.4, 0.5) is 5.69 Å². The largest absolute Gasteiger partial charge is 0.494 e. The Morgan fingerprint density at radius 1 is 0.971 bits per heavy atom. The number of nitrogens with zero attached hydrogens (tertiary/aromatic N) is 2. The number of hydrogen-bond donors (Lipinski definition) is 2. The molecule has 0 aromatic heterocycles. The Labute approximate surface area is 197 Å². The number of benzene rings is 2. The Kier molecular flexibility index (Phi) is 9.41. The van der Waals surface area contributed by atoms with E-state index in [1.165, 1.54) is 6.21 Å². The molecule has 10 heteroatoms. The van der Waals surface area contributed by atoms with Crippen molar-refractivity contribution in [1.82, 2.24) is 10.3 Å². The number of morpholine rings is 1. The molecule has 10 nitrogen and oxygen atoms in total. The Hall–Kier alpha value is -3.92. The van der Waals surface area contributed by atoms with E-state index in [0.717, 1.165) is 6.42 Å². The van der Waals surface area contributed by atoms with Crippen LogP contribution in [0.15, 0.2) is 53.6 Å². The zero-order valence-electron chi connectivity index (χ0n) is 19.0. The molecule has 0 bridgehead atoms. The molecule has 1 aliphatic rings. The van der Waals surface area contributed by atoms with E-state index in [1.807, 2.05) is 6.92 Å². The highest BCUT2D eigenvalue weighted by Crippen LogP contribution is 2.16. The first-order valence-corrected chi connectivity index (χ1v) is 11.0. The molecule has 0 atom stereocenters. The lowest BCUT2D eigenvalue weighted by Crippen LogP contribution is -2.42. The van der Waals surface area contributed by atoms with Crippen molar-refractivity contribution < 1.29 is 28.6 Å².